The number of amides is 1. The van der Waals surface area contributed by atoms with E-state index in [1.807, 2.05) is 20.8 Å². The monoisotopic (exact) mass is 244 g/mol. The first kappa shape index (κ1) is 14.3. The molecule has 2 N–H and O–H groups in total. The average molecular weight is 244 g/mol. The second-order valence-corrected chi connectivity index (χ2v) is 5.35. The van der Waals surface area contributed by atoms with Crippen LogP contribution in [0, 0.1) is 0 Å². The lowest BCUT2D eigenvalue weighted by atomic mass is 10.2. The molecule has 0 radical (unpaired) electrons. The third kappa shape index (κ3) is 5.37. The highest BCUT2D eigenvalue weighted by Crippen LogP contribution is 2.17. The van der Waals surface area contributed by atoms with E-state index >= 15 is 0 Å². The van der Waals surface area contributed by atoms with Crippen LogP contribution >= 0.6 is 0 Å². The molecule has 0 aliphatic carbocycles. The van der Waals surface area contributed by atoms with Crippen LogP contribution in [0.15, 0.2) is 0 Å². The van der Waals surface area contributed by atoms with Gasteiger partial charge in [-0.3, -0.25) is 0 Å². The lowest BCUT2D eigenvalue weighted by molar-refractivity contribution is 0.0209. The van der Waals surface area contributed by atoms with Crippen molar-refractivity contribution in [3.63, 3.8) is 0 Å². The quantitative estimate of drug-likeness (QED) is 0.758. The summed E-state index contributed by atoms with van der Waals surface area (Å²) < 4.78 is 10.9. The van der Waals surface area contributed by atoms with E-state index in [-0.39, 0.29) is 12.2 Å². The summed E-state index contributed by atoms with van der Waals surface area (Å²) in [6.45, 7) is 8.26. The molecule has 1 unspecified atom stereocenters. The highest BCUT2D eigenvalue weighted by atomic mass is 16.6. The number of hydrogen-bond donors (Lipinski definition) is 1. The second kappa shape index (κ2) is 6.21. The standard InChI is InChI=1S/C12H24N2O3/c1-12(2,3)17-11(15)14-7-5-10(9-14)16-8-4-6-13/h10H,4-9,13H2,1-3H3. The van der Waals surface area contributed by atoms with E-state index in [0.29, 0.717) is 26.2 Å². The van der Waals surface area contributed by atoms with E-state index in [9.17, 15) is 4.79 Å². The van der Waals surface area contributed by atoms with Gasteiger partial charge < -0.3 is 20.1 Å². The summed E-state index contributed by atoms with van der Waals surface area (Å²) in [5.74, 6) is 0. The fourth-order valence-corrected chi connectivity index (χ4v) is 1.69. The summed E-state index contributed by atoms with van der Waals surface area (Å²) in [7, 11) is 0. The van der Waals surface area contributed by atoms with Gasteiger partial charge in [0.05, 0.1) is 12.6 Å². The fraction of sp³-hybridized carbons (Fsp3) is 0.917. The van der Waals surface area contributed by atoms with Gasteiger partial charge in [-0.15, -0.1) is 0 Å². The topological polar surface area (TPSA) is 64.8 Å². The molecule has 1 amide bonds. The van der Waals surface area contributed by atoms with Crippen molar-refractivity contribution in [2.24, 2.45) is 5.73 Å². The van der Waals surface area contributed by atoms with Gasteiger partial charge in [-0.05, 0) is 40.2 Å². The van der Waals surface area contributed by atoms with E-state index < -0.39 is 5.60 Å². The highest BCUT2D eigenvalue weighted by Gasteiger charge is 2.29. The summed E-state index contributed by atoms with van der Waals surface area (Å²) in [4.78, 5) is 13.5. The van der Waals surface area contributed by atoms with Crippen molar-refractivity contribution < 1.29 is 14.3 Å². The molecule has 1 fully saturated rings. The van der Waals surface area contributed by atoms with E-state index in [1.165, 1.54) is 0 Å². The molecule has 0 aromatic rings. The number of hydrogen-bond acceptors (Lipinski definition) is 4. The predicted molar refractivity (Wildman–Crippen MR) is 65.8 cm³/mol. The minimum absolute atomic E-state index is 0.133. The Morgan fingerprint density at radius 2 is 2.18 bits per heavy atom. The molecule has 1 saturated heterocycles. The summed E-state index contributed by atoms with van der Waals surface area (Å²) >= 11 is 0. The van der Waals surface area contributed by atoms with Gasteiger partial charge in [0.1, 0.15) is 5.60 Å². The summed E-state index contributed by atoms with van der Waals surface area (Å²) in [6, 6.07) is 0. The Balaban J connectivity index is 2.27. The smallest absolute Gasteiger partial charge is 0.410 e. The number of nitrogens with zero attached hydrogens (tertiary/aromatic N) is 1. The molecule has 0 spiro atoms. The predicted octanol–water partition coefficient (Wildman–Crippen LogP) is 1.36. The van der Waals surface area contributed by atoms with Crippen LogP contribution in [0.1, 0.15) is 33.6 Å². The van der Waals surface area contributed by atoms with Crippen LogP contribution in [0.4, 0.5) is 4.79 Å². The zero-order valence-electron chi connectivity index (χ0n) is 11.1. The van der Waals surface area contributed by atoms with Crippen molar-refractivity contribution in [2.75, 3.05) is 26.2 Å². The molecule has 17 heavy (non-hydrogen) atoms. The lowest BCUT2D eigenvalue weighted by Crippen LogP contribution is -2.36. The van der Waals surface area contributed by atoms with Crippen molar-refractivity contribution in [1.29, 1.82) is 0 Å². The van der Waals surface area contributed by atoms with Gasteiger partial charge in [-0.25, -0.2) is 4.79 Å². The van der Waals surface area contributed by atoms with Crippen molar-refractivity contribution in [1.82, 2.24) is 4.90 Å². The Bertz CT molecular complexity index is 251. The molecule has 0 bridgehead atoms. The Morgan fingerprint density at radius 1 is 1.47 bits per heavy atom. The first-order valence-electron chi connectivity index (χ1n) is 6.22. The fourth-order valence-electron chi connectivity index (χ4n) is 1.69. The molecule has 5 nitrogen and oxygen atoms in total. The SMILES string of the molecule is CC(C)(C)OC(=O)N1CCC(OCCCN)C1. The first-order valence-corrected chi connectivity index (χ1v) is 6.22. The maximum Gasteiger partial charge on any atom is 0.410 e. The van der Waals surface area contributed by atoms with Crippen LogP contribution in [0.25, 0.3) is 0 Å². The van der Waals surface area contributed by atoms with Crippen LogP contribution < -0.4 is 5.73 Å². The Labute approximate surface area is 103 Å². The molecule has 1 aliphatic heterocycles. The zero-order chi connectivity index (χ0) is 12.9. The summed E-state index contributed by atoms with van der Waals surface area (Å²) in [5.41, 5.74) is 4.96. The van der Waals surface area contributed by atoms with Crippen molar-refractivity contribution in [3.05, 3.63) is 0 Å². The van der Waals surface area contributed by atoms with E-state index in [1.54, 1.807) is 4.90 Å². The van der Waals surface area contributed by atoms with Gasteiger partial charge in [0.2, 0.25) is 0 Å². The lowest BCUT2D eigenvalue weighted by Gasteiger charge is -2.24. The summed E-state index contributed by atoms with van der Waals surface area (Å²) in [5, 5.41) is 0. The van der Waals surface area contributed by atoms with Crippen LogP contribution in [0.2, 0.25) is 0 Å². The maximum absolute atomic E-state index is 11.8. The molecular weight excluding hydrogens is 220 g/mol. The number of nitrogens with two attached hydrogens (primary N) is 1. The number of likely N-dealkylation sites (tertiary alicyclic amines) is 1. The van der Waals surface area contributed by atoms with Gasteiger partial charge in [0.15, 0.2) is 0 Å². The molecule has 1 heterocycles. The molecule has 0 aromatic carbocycles. The zero-order valence-corrected chi connectivity index (χ0v) is 11.1. The molecule has 100 valence electrons. The molecule has 1 aliphatic rings. The van der Waals surface area contributed by atoms with E-state index in [4.69, 9.17) is 15.2 Å². The van der Waals surface area contributed by atoms with E-state index in [0.717, 1.165) is 12.8 Å². The van der Waals surface area contributed by atoms with Crippen molar-refractivity contribution in [2.45, 2.75) is 45.3 Å². The molecule has 1 atom stereocenters. The van der Waals surface area contributed by atoms with Gasteiger partial charge in [-0.1, -0.05) is 0 Å². The number of ether oxygens (including phenoxy) is 2. The molecular formula is C12H24N2O3. The van der Waals surface area contributed by atoms with Crippen LogP contribution in [-0.2, 0) is 9.47 Å². The third-order valence-corrected chi connectivity index (χ3v) is 2.50. The van der Waals surface area contributed by atoms with E-state index in [2.05, 4.69) is 0 Å². The highest BCUT2D eigenvalue weighted by molar-refractivity contribution is 5.68. The van der Waals surface area contributed by atoms with Crippen molar-refractivity contribution >= 4 is 6.09 Å². The third-order valence-electron chi connectivity index (χ3n) is 2.50. The molecule has 1 rings (SSSR count). The molecule has 0 saturated carbocycles. The van der Waals surface area contributed by atoms with Crippen molar-refractivity contribution in [3.8, 4) is 0 Å². The molecule has 5 heteroatoms. The van der Waals surface area contributed by atoms with Gasteiger partial charge in [-0.2, -0.15) is 0 Å². The Hall–Kier alpha value is -0.810. The van der Waals surface area contributed by atoms with Gasteiger partial charge >= 0.3 is 6.09 Å². The largest absolute Gasteiger partial charge is 0.444 e. The normalized spacial score (nSPS) is 20.7. The Morgan fingerprint density at radius 3 is 2.76 bits per heavy atom. The average Bonchev–Trinajstić information content (AvgIpc) is 2.64. The number of carbonyl (C=O) groups excluding carboxylic acids is 1. The molecule has 0 aromatic heterocycles. The van der Waals surface area contributed by atoms with Crippen LogP contribution in [-0.4, -0.2) is 48.9 Å². The van der Waals surface area contributed by atoms with Gasteiger partial charge in [0.25, 0.3) is 0 Å². The number of rotatable bonds is 4. The minimum Gasteiger partial charge on any atom is -0.444 e. The van der Waals surface area contributed by atoms with Crippen LogP contribution in [0.5, 0.6) is 0 Å². The minimum atomic E-state index is -0.435. The second-order valence-electron chi connectivity index (χ2n) is 5.35. The number of carbonyl (C=O) groups is 1. The van der Waals surface area contributed by atoms with Gasteiger partial charge in [0, 0.05) is 13.2 Å². The first-order chi connectivity index (χ1) is 7.92. The van der Waals surface area contributed by atoms with Crippen LogP contribution in [0.3, 0.4) is 0 Å². The Kier molecular flexibility index (Phi) is 5.21. The summed E-state index contributed by atoms with van der Waals surface area (Å²) in [6.07, 6.45) is 1.63. The maximum atomic E-state index is 11.8.